The minimum absolute atomic E-state index is 0.0400. The molecule has 2 aromatic rings. The number of hydrogen-bond donors (Lipinski definition) is 1. The van der Waals surface area contributed by atoms with Crippen LogP contribution in [-0.2, 0) is 14.8 Å². The summed E-state index contributed by atoms with van der Waals surface area (Å²) >= 11 is 0. The molecular weight excluding hydrogens is 380 g/mol. The average molecular weight is 402 g/mol. The molecule has 148 valence electrons. The van der Waals surface area contributed by atoms with Gasteiger partial charge in [-0.2, -0.15) is 0 Å². The second-order valence-electron chi connectivity index (χ2n) is 7.75. The van der Waals surface area contributed by atoms with Crippen molar-refractivity contribution in [3.8, 4) is 0 Å². The standard InChI is InChI=1S/C19H22N4O4S/c24-18(16-11-13-3-1-2-4-15(13)20-16)22-8-7-21-9-10-28(26,27)23(14-5-6-14)19(25)17(21)12-22/h1-4,11,14,17,20H,5-10,12H2/t17-/m0/s1. The minimum atomic E-state index is -3.58. The van der Waals surface area contributed by atoms with Crippen molar-refractivity contribution in [2.45, 2.75) is 24.9 Å². The first-order chi connectivity index (χ1) is 13.4. The first-order valence-electron chi connectivity index (χ1n) is 9.61. The number of carbonyl (C=O) groups is 2. The fraction of sp³-hybridized carbons (Fsp3) is 0.474. The maximum atomic E-state index is 13.1. The van der Waals surface area contributed by atoms with E-state index < -0.39 is 16.1 Å². The smallest absolute Gasteiger partial charge is 0.270 e. The summed E-state index contributed by atoms with van der Waals surface area (Å²) in [4.78, 5) is 32.8. The van der Waals surface area contributed by atoms with E-state index in [2.05, 4.69) is 4.98 Å². The number of H-pyrrole nitrogens is 1. The summed E-state index contributed by atoms with van der Waals surface area (Å²) in [6, 6.07) is 8.70. The van der Waals surface area contributed by atoms with Crippen LogP contribution in [0.15, 0.2) is 30.3 Å². The van der Waals surface area contributed by atoms with E-state index in [0.717, 1.165) is 28.0 Å². The molecule has 2 aliphatic heterocycles. The number of aromatic nitrogens is 1. The molecule has 2 amide bonds. The van der Waals surface area contributed by atoms with Gasteiger partial charge in [0, 0.05) is 43.1 Å². The number of piperazine rings is 1. The van der Waals surface area contributed by atoms with Crippen molar-refractivity contribution in [1.29, 1.82) is 0 Å². The van der Waals surface area contributed by atoms with Crippen LogP contribution >= 0.6 is 0 Å². The number of sulfonamides is 1. The predicted octanol–water partition coefficient (Wildman–Crippen LogP) is 0.629. The van der Waals surface area contributed by atoms with Gasteiger partial charge < -0.3 is 9.88 Å². The van der Waals surface area contributed by atoms with Crippen molar-refractivity contribution in [2.24, 2.45) is 0 Å². The molecule has 1 aromatic carbocycles. The molecule has 0 radical (unpaired) electrons. The summed E-state index contributed by atoms with van der Waals surface area (Å²) < 4.78 is 26.2. The molecule has 3 aliphatic rings. The predicted molar refractivity (Wildman–Crippen MR) is 103 cm³/mol. The van der Waals surface area contributed by atoms with E-state index >= 15 is 0 Å². The summed E-state index contributed by atoms with van der Waals surface area (Å²) in [5.41, 5.74) is 1.38. The number of hydrogen-bond acceptors (Lipinski definition) is 5. The highest BCUT2D eigenvalue weighted by atomic mass is 32.2. The molecular formula is C19H22N4O4S. The lowest BCUT2D eigenvalue weighted by Gasteiger charge is -2.39. The Labute approximate surface area is 163 Å². The van der Waals surface area contributed by atoms with Gasteiger partial charge in [0.05, 0.1) is 5.75 Å². The topological polar surface area (TPSA) is 93.8 Å². The molecule has 8 nitrogen and oxygen atoms in total. The number of para-hydroxylation sites is 1. The van der Waals surface area contributed by atoms with Crippen LogP contribution in [0.5, 0.6) is 0 Å². The van der Waals surface area contributed by atoms with Crippen LogP contribution in [0.2, 0.25) is 0 Å². The van der Waals surface area contributed by atoms with Gasteiger partial charge >= 0.3 is 0 Å². The molecule has 1 aromatic heterocycles. The molecule has 0 spiro atoms. The van der Waals surface area contributed by atoms with Crippen LogP contribution in [0.25, 0.3) is 10.9 Å². The van der Waals surface area contributed by atoms with Crippen LogP contribution in [-0.4, -0.2) is 83.3 Å². The van der Waals surface area contributed by atoms with Gasteiger partial charge in [-0.15, -0.1) is 0 Å². The summed E-state index contributed by atoms with van der Waals surface area (Å²) in [5, 5.41) is 0.959. The summed E-state index contributed by atoms with van der Waals surface area (Å²) in [6.45, 7) is 1.51. The summed E-state index contributed by atoms with van der Waals surface area (Å²) in [6.07, 6.45) is 1.46. The first-order valence-corrected chi connectivity index (χ1v) is 11.2. The molecule has 1 aliphatic carbocycles. The lowest BCUT2D eigenvalue weighted by molar-refractivity contribution is -0.133. The number of nitrogens with one attached hydrogen (secondary N) is 1. The van der Waals surface area contributed by atoms with Crippen molar-refractivity contribution in [1.82, 2.24) is 19.1 Å². The number of rotatable bonds is 2. The van der Waals surface area contributed by atoms with E-state index in [1.54, 1.807) is 4.90 Å². The van der Waals surface area contributed by atoms with Crippen molar-refractivity contribution in [3.05, 3.63) is 36.0 Å². The molecule has 1 saturated carbocycles. The van der Waals surface area contributed by atoms with Gasteiger partial charge in [0.25, 0.3) is 11.8 Å². The summed E-state index contributed by atoms with van der Waals surface area (Å²) in [7, 11) is -3.58. The molecule has 0 bridgehead atoms. The van der Waals surface area contributed by atoms with E-state index in [0.29, 0.717) is 25.3 Å². The Hall–Kier alpha value is -2.39. The molecule has 0 unspecified atom stereocenters. The number of aromatic amines is 1. The third-order valence-corrected chi connectivity index (χ3v) is 7.63. The maximum Gasteiger partial charge on any atom is 0.270 e. The van der Waals surface area contributed by atoms with Crippen LogP contribution in [0.1, 0.15) is 23.3 Å². The second-order valence-corrected chi connectivity index (χ2v) is 9.72. The van der Waals surface area contributed by atoms with Gasteiger partial charge in [-0.1, -0.05) is 18.2 Å². The van der Waals surface area contributed by atoms with E-state index in [1.165, 1.54) is 0 Å². The average Bonchev–Trinajstić information content (AvgIpc) is 3.42. The highest BCUT2D eigenvalue weighted by molar-refractivity contribution is 7.89. The fourth-order valence-corrected chi connectivity index (χ4v) is 5.92. The minimum Gasteiger partial charge on any atom is -0.351 e. The molecule has 3 fully saturated rings. The highest BCUT2D eigenvalue weighted by Gasteiger charge is 2.48. The SMILES string of the molecule is O=C(c1cc2ccccc2[nH]1)N1CCN2CCS(=O)(=O)N(C3CC3)C(=O)[C@@H]2C1. The molecule has 28 heavy (non-hydrogen) atoms. The van der Waals surface area contributed by atoms with E-state index in [4.69, 9.17) is 0 Å². The van der Waals surface area contributed by atoms with Crippen molar-refractivity contribution in [3.63, 3.8) is 0 Å². The highest BCUT2D eigenvalue weighted by Crippen LogP contribution is 2.33. The Bertz CT molecular complexity index is 1030. The van der Waals surface area contributed by atoms with Crippen molar-refractivity contribution >= 4 is 32.7 Å². The van der Waals surface area contributed by atoms with Gasteiger partial charge in [-0.3, -0.25) is 14.5 Å². The number of amides is 2. The van der Waals surface area contributed by atoms with E-state index in [-0.39, 0.29) is 30.2 Å². The largest absolute Gasteiger partial charge is 0.351 e. The van der Waals surface area contributed by atoms with Crippen LogP contribution < -0.4 is 0 Å². The monoisotopic (exact) mass is 402 g/mol. The van der Waals surface area contributed by atoms with Gasteiger partial charge in [0.2, 0.25) is 10.0 Å². The third kappa shape index (κ3) is 2.89. The zero-order valence-corrected chi connectivity index (χ0v) is 16.2. The molecule has 5 rings (SSSR count). The Balaban J connectivity index is 1.41. The van der Waals surface area contributed by atoms with E-state index in [9.17, 15) is 18.0 Å². The number of benzene rings is 1. The zero-order chi connectivity index (χ0) is 19.5. The Kier molecular flexibility index (Phi) is 3.99. The zero-order valence-electron chi connectivity index (χ0n) is 15.4. The van der Waals surface area contributed by atoms with Crippen LogP contribution in [0.3, 0.4) is 0 Å². The normalized spacial score (nSPS) is 25.6. The Morgan fingerprint density at radius 1 is 1.11 bits per heavy atom. The lowest BCUT2D eigenvalue weighted by Crippen LogP contribution is -2.59. The lowest BCUT2D eigenvalue weighted by atomic mass is 10.1. The number of fused-ring (bicyclic) bond motifs is 2. The molecule has 3 heterocycles. The van der Waals surface area contributed by atoms with Crippen LogP contribution in [0.4, 0.5) is 0 Å². The quantitative estimate of drug-likeness (QED) is 0.795. The second kappa shape index (κ2) is 6.31. The fourth-order valence-electron chi connectivity index (χ4n) is 4.20. The number of carbonyl (C=O) groups excluding carboxylic acids is 2. The third-order valence-electron chi connectivity index (χ3n) is 5.86. The Morgan fingerprint density at radius 2 is 1.89 bits per heavy atom. The van der Waals surface area contributed by atoms with Crippen molar-refractivity contribution in [2.75, 3.05) is 31.9 Å². The number of nitrogens with zero attached hydrogens (tertiary/aromatic N) is 3. The van der Waals surface area contributed by atoms with Gasteiger partial charge in [-0.25, -0.2) is 12.7 Å². The molecule has 1 N–H and O–H groups in total. The molecule has 1 atom stereocenters. The maximum absolute atomic E-state index is 13.1. The van der Waals surface area contributed by atoms with Crippen molar-refractivity contribution < 1.29 is 18.0 Å². The van der Waals surface area contributed by atoms with Crippen LogP contribution in [0, 0.1) is 0 Å². The van der Waals surface area contributed by atoms with E-state index in [1.807, 2.05) is 35.2 Å². The summed E-state index contributed by atoms with van der Waals surface area (Å²) in [5.74, 6) is -0.579. The van der Waals surface area contributed by atoms with Gasteiger partial charge in [-0.05, 0) is 25.0 Å². The molecule has 9 heteroatoms. The van der Waals surface area contributed by atoms with Gasteiger partial charge in [0.1, 0.15) is 11.7 Å². The molecule has 2 saturated heterocycles. The first kappa shape index (κ1) is 17.7. The van der Waals surface area contributed by atoms with Gasteiger partial charge in [0.15, 0.2) is 0 Å². The Morgan fingerprint density at radius 3 is 2.64 bits per heavy atom.